The van der Waals surface area contributed by atoms with Crippen LogP contribution in [0.15, 0.2) is 12.1 Å². The van der Waals surface area contributed by atoms with Gasteiger partial charge in [0.1, 0.15) is 11.9 Å². The van der Waals surface area contributed by atoms with Gasteiger partial charge in [-0.05, 0) is 31.9 Å². The SMILES string of the molecule is Cc1ccc(OC2CCOC2)c(CNC2CC2)n1. The van der Waals surface area contributed by atoms with Crippen molar-refractivity contribution in [3.8, 4) is 5.75 Å². The van der Waals surface area contributed by atoms with Crippen molar-refractivity contribution in [3.63, 3.8) is 0 Å². The fraction of sp³-hybridized carbons (Fsp3) is 0.643. The summed E-state index contributed by atoms with van der Waals surface area (Å²) in [6.07, 6.45) is 3.74. The molecule has 1 atom stereocenters. The second kappa shape index (κ2) is 5.24. The van der Waals surface area contributed by atoms with Crippen LogP contribution in [0.1, 0.15) is 30.7 Å². The van der Waals surface area contributed by atoms with Crippen LogP contribution in [-0.2, 0) is 11.3 Å². The van der Waals surface area contributed by atoms with Gasteiger partial charge < -0.3 is 14.8 Å². The molecule has 1 saturated heterocycles. The van der Waals surface area contributed by atoms with Gasteiger partial charge in [-0.25, -0.2) is 0 Å². The maximum absolute atomic E-state index is 5.99. The maximum Gasteiger partial charge on any atom is 0.142 e. The molecule has 0 aromatic carbocycles. The lowest BCUT2D eigenvalue weighted by Gasteiger charge is -2.15. The predicted octanol–water partition coefficient (Wildman–Crippen LogP) is 1.81. The van der Waals surface area contributed by atoms with E-state index in [1.165, 1.54) is 12.8 Å². The summed E-state index contributed by atoms with van der Waals surface area (Å²) in [4.78, 5) is 4.59. The van der Waals surface area contributed by atoms with Crippen LogP contribution in [0.2, 0.25) is 0 Å². The first-order chi connectivity index (χ1) is 8.81. The Balaban J connectivity index is 1.69. The average Bonchev–Trinajstić information content (AvgIpc) is 3.06. The second-order valence-electron chi connectivity index (χ2n) is 5.16. The first-order valence-corrected chi connectivity index (χ1v) is 6.75. The summed E-state index contributed by atoms with van der Waals surface area (Å²) in [5.74, 6) is 0.907. The number of pyridine rings is 1. The maximum atomic E-state index is 5.99. The third-order valence-corrected chi connectivity index (χ3v) is 3.39. The molecule has 4 nitrogen and oxygen atoms in total. The normalized spacial score (nSPS) is 23.3. The van der Waals surface area contributed by atoms with Gasteiger partial charge in [-0.2, -0.15) is 0 Å². The number of hydrogen-bond donors (Lipinski definition) is 1. The Labute approximate surface area is 108 Å². The van der Waals surface area contributed by atoms with Gasteiger partial charge in [0, 0.05) is 24.7 Å². The van der Waals surface area contributed by atoms with Crippen LogP contribution in [0.25, 0.3) is 0 Å². The van der Waals surface area contributed by atoms with Crippen molar-refractivity contribution in [3.05, 3.63) is 23.5 Å². The monoisotopic (exact) mass is 248 g/mol. The zero-order chi connectivity index (χ0) is 12.4. The quantitative estimate of drug-likeness (QED) is 0.863. The fourth-order valence-electron chi connectivity index (χ4n) is 2.15. The number of nitrogens with zero attached hydrogens (tertiary/aromatic N) is 1. The molecule has 1 N–H and O–H groups in total. The number of nitrogens with one attached hydrogen (secondary N) is 1. The standard InChI is InChI=1S/C14H20N2O2/c1-10-2-5-14(18-12-6-7-17-9-12)13(16-10)8-15-11-3-4-11/h2,5,11-12,15H,3-4,6-9H2,1H3. The molecule has 1 aliphatic heterocycles. The molecule has 1 aromatic rings. The van der Waals surface area contributed by atoms with E-state index in [9.17, 15) is 0 Å². The van der Waals surface area contributed by atoms with E-state index in [4.69, 9.17) is 9.47 Å². The number of aromatic nitrogens is 1. The second-order valence-corrected chi connectivity index (χ2v) is 5.16. The minimum absolute atomic E-state index is 0.189. The largest absolute Gasteiger partial charge is 0.486 e. The van der Waals surface area contributed by atoms with Crippen LogP contribution in [0.4, 0.5) is 0 Å². The highest BCUT2D eigenvalue weighted by atomic mass is 16.5. The Kier molecular flexibility index (Phi) is 3.48. The first kappa shape index (κ1) is 11.9. The summed E-state index contributed by atoms with van der Waals surface area (Å²) >= 11 is 0. The van der Waals surface area contributed by atoms with Gasteiger partial charge in [-0.15, -0.1) is 0 Å². The highest BCUT2D eigenvalue weighted by Gasteiger charge is 2.22. The number of aryl methyl sites for hydroxylation is 1. The first-order valence-electron chi connectivity index (χ1n) is 6.75. The highest BCUT2D eigenvalue weighted by molar-refractivity contribution is 5.29. The van der Waals surface area contributed by atoms with Crippen molar-refractivity contribution in [2.45, 2.75) is 44.9 Å². The van der Waals surface area contributed by atoms with Gasteiger partial charge in [0.05, 0.1) is 18.9 Å². The summed E-state index contributed by atoms with van der Waals surface area (Å²) in [5, 5.41) is 3.49. The molecule has 1 aliphatic carbocycles. The van der Waals surface area contributed by atoms with E-state index < -0.39 is 0 Å². The lowest BCUT2D eigenvalue weighted by atomic mass is 10.2. The molecule has 2 heterocycles. The molecule has 2 fully saturated rings. The van der Waals surface area contributed by atoms with Crippen molar-refractivity contribution in [2.75, 3.05) is 13.2 Å². The van der Waals surface area contributed by atoms with Crippen LogP contribution in [0.3, 0.4) is 0 Å². The summed E-state index contributed by atoms with van der Waals surface area (Å²) in [7, 11) is 0. The number of rotatable bonds is 5. The fourth-order valence-corrected chi connectivity index (χ4v) is 2.15. The van der Waals surface area contributed by atoms with Gasteiger partial charge in [-0.1, -0.05) is 0 Å². The average molecular weight is 248 g/mol. The topological polar surface area (TPSA) is 43.4 Å². The van der Waals surface area contributed by atoms with Gasteiger partial charge in [0.15, 0.2) is 0 Å². The summed E-state index contributed by atoms with van der Waals surface area (Å²) in [6, 6.07) is 4.73. The number of ether oxygens (including phenoxy) is 2. The lowest BCUT2D eigenvalue weighted by molar-refractivity contribution is 0.140. The molecule has 4 heteroatoms. The molecule has 18 heavy (non-hydrogen) atoms. The zero-order valence-corrected chi connectivity index (χ0v) is 10.8. The molecule has 1 unspecified atom stereocenters. The predicted molar refractivity (Wildman–Crippen MR) is 68.7 cm³/mol. The molecule has 2 aliphatic rings. The Hall–Kier alpha value is -1.13. The van der Waals surface area contributed by atoms with Gasteiger partial charge in [-0.3, -0.25) is 4.98 Å². The summed E-state index contributed by atoms with van der Waals surface area (Å²) in [6.45, 7) is 4.32. The van der Waals surface area contributed by atoms with Crippen LogP contribution in [0.5, 0.6) is 5.75 Å². The van der Waals surface area contributed by atoms with E-state index >= 15 is 0 Å². The van der Waals surface area contributed by atoms with Crippen molar-refractivity contribution in [2.24, 2.45) is 0 Å². The Morgan fingerprint density at radius 1 is 1.39 bits per heavy atom. The van der Waals surface area contributed by atoms with Crippen molar-refractivity contribution in [1.29, 1.82) is 0 Å². The minimum Gasteiger partial charge on any atom is -0.486 e. The zero-order valence-electron chi connectivity index (χ0n) is 10.8. The van der Waals surface area contributed by atoms with E-state index in [0.29, 0.717) is 12.6 Å². The summed E-state index contributed by atoms with van der Waals surface area (Å²) in [5.41, 5.74) is 2.06. The van der Waals surface area contributed by atoms with Crippen LogP contribution in [0, 0.1) is 6.92 Å². The van der Waals surface area contributed by atoms with Crippen molar-refractivity contribution < 1.29 is 9.47 Å². The van der Waals surface area contributed by atoms with Gasteiger partial charge in [0.25, 0.3) is 0 Å². The smallest absolute Gasteiger partial charge is 0.142 e. The Morgan fingerprint density at radius 2 is 2.28 bits per heavy atom. The van der Waals surface area contributed by atoms with Crippen LogP contribution >= 0.6 is 0 Å². The molecular formula is C14H20N2O2. The molecule has 1 aromatic heterocycles. The molecule has 3 rings (SSSR count). The molecule has 98 valence electrons. The third kappa shape index (κ3) is 3.00. The minimum atomic E-state index is 0.189. The molecule has 1 saturated carbocycles. The van der Waals surface area contributed by atoms with E-state index in [1.54, 1.807) is 0 Å². The summed E-state index contributed by atoms with van der Waals surface area (Å²) < 4.78 is 11.3. The van der Waals surface area contributed by atoms with E-state index in [-0.39, 0.29) is 6.10 Å². The Bertz CT molecular complexity index is 412. The van der Waals surface area contributed by atoms with Crippen molar-refractivity contribution >= 4 is 0 Å². The van der Waals surface area contributed by atoms with E-state index in [2.05, 4.69) is 10.3 Å². The van der Waals surface area contributed by atoms with E-state index in [1.807, 2.05) is 19.1 Å². The third-order valence-electron chi connectivity index (χ3n) is 3.39. The molecule has 0 spiro atoms. The van der Waals surface area contributed by atoms with E-state index in [0.717, 1.165) is 36.7 Å². The van der Waals surface area contributed by atoms with Gasteiger partial charge >= 0.3 is 0 Å². The number of hydrogen-bond acceptors (Lipinski definition) is 4. The van der Waals surface area contributed by atoms with Crippen molar-refractivity contribution in [1.82, 2.24) is 10.3 Å². The molecular weight excluding hydrogens is 228 g/mol. The van der Waals surface area contributed by atoms with Gasteiger partial charge in [0.2, 0.25) is 0 Å². The molecule has 0 amide bonds. The highest BCUT2D eigenvalue weighted by Crippen LogP contribution is 2.23. The van der Waals surface area contributed by atoms with Crippen LogP contribution in [-0.4, -0.2) is 30.3 Å². The molecule has 0 bridgehead atoms. The lowest BCUT2D eigenvalue weighted by Crippen LogP contribution is -2.20. The molecule has 0 radical (unpaired) electrons. The van der Waals surface area contributed by atoms with Crippen LogP contribution < -0.4 is 10.1 Å². The Morgan fingerprint density at radius 3 is 3.00 bits per heavy atom.